The van der Waals surface area contributed by atoms with Crippen molar-refractivity contribution in [3.05, 3.63) is 47.9 Å². The highest BCUT2D eigenvalue weighted by Crippen LogP contribution is 2.37. The molecule has 34 heavy (non-hydrogen) atoms. The van der Waals surface area contributed by atoms with E-state index < -0.39 is 6.43 Å². The first-order valence-electron chi connectivity index (χ1n) is 11.7. The first kappa shape index (κ1) is 21.5. The standard InChI is InChI=1S/C25H27F2N5O2/c1-33-22-9-17(11-32-25(22)28-14-29-32)24-20(10-23(26)27)19-8-16(2-3-21(19)30-24)15-4-6-31(7-5-15)18-12-34-13-18/h2-3,8-9,11,14-15,18,23,30H,4-7,10,12-13H2,1H3. The van der Waals surface area contributed by atoms with Crippen molar-refractivity contribution >= 4 is 16.6 Å². The number of nitrogens with zero attached hydrogens (tertiary/aromatic N) is 4. The smallest absolute Gasteiger partial charge is 0.242 e. The van der Waals surface area contributed by atoms with Crippen LogP contribution in [0.3, 0.4) is 0 Å². The molecule has 9 heteroatoms. The molecule has 1 aromatic carbocycles. The lowest BCUT2D eigenvalue weighted by molar-refractivity contribution is -0.0712. The van der Waals surface area contributed by atoms with E-state index in [0.717, 1.165) is 55.6 Å². The number of pyridine rings is 1. The molecule has 0 atom stereocenters. The first-order chi connectivity index (χ1) is 16.6. The number of fused-ring (bicyclic) bond motifs is 2. The van der Waals surface area contributed by atoms with Crippen molar-refractivity contribution < 1.29 is 18.3 Å². The second kappa shape index (κ2) is 8.63. The Bertz CT molecular complexity index is 1320. The summed E-state index contributed by atoms with van der Waals surface area (Å²) >= 11 is 0. The third kappa shape index (κ3) is 3.73. The van der Waals surface area contributed by atoms with Gasteiger partial charge in [0.2, 0.25) is 6.43 Å². The summed E-state index contributed by atoms with van der Waals surface area (Å²) in [7, 11) is 1.56. The summed E-state index contributed by atoms with van der Waals surface area (Å²) in [6.07, 6.45) is 2.61. The van der Waals surface area contributed by atoms with E-state index in [1.54, 1.807) is 17.8 Å². The molecule has 1 N–H and O–H groups in total. The van der Waals surface area contributed by atoms with E-state index in [2.05, 4.69) is 32.1 Å². The lowest BCUT2D eigenvalue weighted by Crippen LogP contribution is -2.51. The number of hydrogen-bond donors (Lipinski definition) is 1. The zero-order valence-corrected chi connectivity index (χ0v) is 19.0. The van der Waals surface area contributed by atoms with Crippen molar-refractivity contribution in [1.29, 1.82) is 0 Å². The van der Waals surface area contributed by atoms with Crippen LogP contribution in [0.4, 0.5) is 8.78 Å². The maximum Gasteiger partial charge on any atom is 0.242 e. The zero-order valence-electron chi connectivity index (χ0n) is 19.0. The normalized spacial score (nSPS) is 18.2. The molecule has 0 unspecified atom stereocenters. The van der Waals surface area contributed by atoms with Gasteiger partial charge < -0.3 is 14.5 Å². The van der Waals surface area contributed by atoms with Gasteiger partial charge in [0.25, 0.3) is 0 Å². The molecule has 2 aliphatic heterocycles. The van der Waals surface area contributed by atoms with Gasteiger partial charge in [0.05, 0.1) is 32.1 Å². The van der Waals surface area contributed by atoms with Crippen LogP contribution in [0.25, 0.3) is 27.8 Å². The van der Waals surface area contributed by atoms with Gasteiger partial charge in [-0.1, -0.05) is 6.07 Å². The Morgan fingerprint density at radius 2 is 2.03 bits per heavy atom. The molecule has 5 heterocycles. The second-order valence-electron chi connectivity index (χ2n) is 9.21. The number of benzene rings is 1. The summed E-state index contributed by atoms with van der Waals surface area (Å²) in [5.41, 5.74) is 4.69. The van der Waals surface area contributed by atoms with E-state index in [1.165, 1.54) is 11.9 Å². The lowest BCUT2D eigenvalue weighted by atomic mass is 9.87. The largest absolute Gasteiger partial charge is 0.493 e. The zero-order chi connectivity index (χ0) is 23.2. The molecule has 6 rings (SSSR count). The first-order valence-corrected chi connectivity index (χ1v) is 11.7. The molecule has 2 saturated heterocycles. The number of aromatic amines is 1. The van der Waals surface area contributed by atoms with Crippen molar-refractivity contribution in [3.8, 4) is 17.0 Å². The van der Waals surface area contributed by atoms with Crippen LogP contribution < -0.4 is 4.74 Å². The number of rotatable bonds is 6. The van der Waals surface area contributed by atoms with Gasteiger partial charge in [-0.05, 0) is 61.2 Å². The van der Waals surface area contributed by atoms with Crippen LogP contribution in [0.1, 0.15) is 29.9 Å². The molecule has 0 saturated carbocycles. The van der Waals surface area contributed by atoms with Crippen LogP contribution in [0.15, 0.2) is 36.8 Å². The van der Waals surface area contributed by atoms with Gasteiger partial charge in [-0.25, -0.2) is 18.3 Å². The van der Waals surface area contributed by atoms with E-state index in [-0.39, 0.29) is 6.42 Å². The second-order valence-corrected chi connectivity index (χ2v) is 9.21. The topological polar surface area (TPSA) is 67.7 Å². The van der Waals surface area contributed by atoms with E-state index in [4.69, 9.17) is 9.47 Å². The Kier molecular flexibility index (Phi) is 5.45. The van der Waals surface area contributed by atoms with Crippen molar-refractivity contribution in [2.75, 3.05) is 33.4 Å². The van der Waals surface area contributed by atoms with Crippen LogP contribution in [0, 0.1) is 0 Å². The Morgan fingerprint density at radius 1 is 1.21 bits per heavy atom. The summed E-state index contributed by atoms with van der Waals surface area (Å²) in [6, 6.07) is 8.67. The van der Waals surface area contributed by atoms with Crippen molar-refractivity contribution in [2.24, 2.45) is 0 Å². The van der Waals surface area contributed by atoms with Crippen LogP contribution in [-0.2, 0) is 11.2 Å². The Balaban J connectivity index is 1.38. The highest BCUT2D eigenvalue weighted by atomic mass is 19.3. The number of halogens is 2. The summed E-state index contributed by atoms with van der Waals surface area (Å²) in [6.45, 7) is 3.78. The van der Waals surface area contributed by atoms with E-state index in [0.29, 0.717) is 34.6 Å². The lowest BCUT2D eigenvalue weighted by Gasteiger charge is -2.41. The molecule has 0 radical (unpaired) electrons. The molecule has 0 bridgehead atoms. The van der Waals surface area contributed by atoms with Gasteiger partial charge in [0, 0.05) is 29.1 Å². The molecule has 4 aromatic rings. The molecular formula is C25H27F2N5O2. The van der Waals surface area contributed by atoms with Crippen molar-refractivity contribution in [3.63, 3.8) is 0 Å². The number of hydrogen-bond acceptors (Lipinski definition) is 5. The maximum atomic E-state index is 13.7. The van der Waals surface area contributed by atoms with E-state index in [1.807, 2.05) is 12.1 Å². The van der Waals surface area contributed by atoms with Crippen LogP contribution >= 0.6 is 0 Å². The van der Waals surface area contributed by atoms with Gasteiger partial charge in [-0.2, -0.15) is 5.10 Å². The number of methoxy groups -OCH3 is 1. The molecule has 2 fully saturated rings. The molecular weight excluding hydrogens is 440 g/mol. The Labute approximate surface area is 195 Å². The Morgan fingerprint density at radius 3 is 2.74 bits per heavy atom. The third-order valence-electron chi connectivity index (χ3n) is 7.28. The quantitative estimate of drug-likeness (QED) is 0.459. The minimum absolute atomic E-state index is 0.323. The highest BCUT2D eigenvalue weighted by Gasteiger charge is 2.30. The fraction of sp³-hybridized carbons (Fsp3) is 0.440. The molecule has 178 valence electrons. The molecule has 0 aliphatic carbocycles. The minimum atomic E-state index is -2.45. The van der Waals surface area contributed by atoms with Gasteiger partial charge in [0.15, 0.2) is 11.4 Å². The molecule has 0 spiro atoms. The third-order valence-corrected chi connectivity index (χ3v) is 7.28. The molecule has 2 aliphatic rings. The average Bonchev–Trinajstić information content (AvgIpc) is 3.42. The summed E-state index contributed by atoms with van der Waals surface area (Å²) in [4.78, 5) is 10.1. The molecule has 0 amide bonds. The van der Waals surface area contributed by atoms with Crippen LogP contribution in [0.5, 0.6) is 5.75 Å². The predicted molar refractivity (Wildman–Crippen MR) is 125 cm³/mol. The van der Waals surface area contributed by atoms with Gasteiger partial charge in [-0.3, -0.25) is 4.90 Å². The van der Waals surface area contributed by atoms with Gasteiger partial charge >= 0.3 is 0 Å². The van der Waals surface area contributed by atoms with Crippen molar-refractivity contribution in [2.45, 2.75) is 37.6 Å². The monoisotopic (exact) mass is 467 g/mol. The SMILES string of the molecule is COc1cc(-c2[nH]c3ccc(C4CCN(C5COC5)CC4)cc3c2CC(F)F)cn2ncnc12. The minimum Gasteiger partial charge on any atom is -0.493 e. The highest BCUT2D eigenvalue weighted by molar-refractivity contribution is 5.91. The van der Waals surface area contributed by atoms with Crippen LogP contribution in [0.2, 0.25) is 0 Å². The van der Waals surface area contributed by atoms with E-state index in [9.17, 15) is 8.78 Å². The van der Waals surface area contributed by atoms with Crippen molar-refractivity contribution in [1.82, 2.24) is 24.5 Å². The number of likely N-dealkylation sites (tertiary alicyclic amines) is 1. The molecule has 7 nitrogen and oxygen atoms in total. The number of aromatic nitrogens is 4. The maximum absolute atomic E-state index is 13.7. The number of H-pyrrole nitrogens is 1. The summed E-state index contributed by atoms with van der Waals surface area (Å²) in [5, 5.41) is 5.08. The fourth-order valence-corrected chi connectivity index (χ4v) is 5.35. The number of alkyl halides is 2. The average molecular weight is 468 g/mol. The van der Waals surface area contributed by atoms with E-state index >= 15 is 0 Å². The van der Waals surface area contributed by atoms with Gasteiger partial charge in [0.1, 0.15) is 6.33 Å². The fourth-order valence-electron chi connectivity index (χ4n) is 5.35. The number of nitrogens with one attached hydrogen (secondary N) is 1. The Hall–Kier alpha value is -3.04. The van der Waals surface area contributed by atoms with Crippen LogP contribution in [-0.4, -0.2) is 70.4 Å². The van der Waals surface area contributed by atoms with Gasteiger partial charge in [-0.15, -0.1) is 0 Å². The number of ether oxygens (including phenoxy) is 2. The number of piperidine rings is 1. The predicted octanol–water partition coefficient (Wildman–Crippen LogP) is 4.27. The molecule has 3 aromatic heterocycles. The summed E-state index contributed by atoms with van der Waals surface area (Å²) in [5.74, 6) is 0.979. The summed E-state index contributed by atoms with van der Waals surface area (Å²) < 4.78 is 39.8.